The molecule has 0 fully saturated rings. The van der Waals surface area contributed by atoms with Crippen molar-refractivity contribution in [1.29, 1.82) is 0 Å². The molecule has 5 heteroatoms. The molecular weight excluding hydrogens is 268 g/mol. The first-order valence-electron chi connectivity index (χ1n) is 6.93. The molecule has 0 bridgehead atoms. The molecule has 0 saturated carbocycles. The zero-order valence-electron chi connectivity index (χ0n) is 13.2. The second-order valence-electron chi connectivity index (χ2n) is 6.23. The zero-order valence-corrected chi connectivity index (χ0v) is 14.0. The van der Waals surface area contributed by atoms with Crippen LogP contribution in [0, 0.1) is 6.92 Å². The molecule has 0 aliphatic heterocycles. The van der Waals surface area contributed by atoms with Crippen molar-refractivity contribution in [2.75, 3.05) is 7.05 Å². The highest BCUT2D eigenvalue weighted by Gasteiger charge is 2.20. The van der Waals surface area contributed by atoms with Gasteiger partial charge in [0.05, 0.1) is 16.9 Å². The van der Waals surface area contributed by atoms with Crippen molar-refractivity contribution < 1.29 is 0 Å². The van der Waals surface area contributed by atoms with Crippen LogP contribution in [-0.2, 0) is 18.9 Å². The molecule has 0 aromatic carbocycles. The van der Waals surface area contributed by atoms with Crippen molar-refractivity contribution in [3.63, 3.8) is 0 Å². The largest absolute Gasteiger partial charge is 0.313 e. The fraction of sp³-hybridized carbons (Fsp3) is 0.600. The van der Waals surface area contributed by atoms with Gasteiger partial charge in [-0.1, -0.05) is 20.8 Å². The zero-order chi connectivity index (χ0) is 14.9. The second kappa shape index (κ2) is 5.66. The van der Waals surface area contributed by atoms with Crippen LogP contribution >= 0.6 is 11.3 Å². The molecule has 1 unspecified atom stereocenters. The predicted molar refractivity (Wildman–Crippen MR) is 84.3 cm³/mol. The van der Waals surface area contributed by atoms with E-state index in [0.717, 1.165) is 6.42 Å². The molecule has 0 saturated heterocycles. The minimum Gasteiger partial charge on any atom is -0.313 e. The molecule has 0 aliphatic rings. The van der Waals surface area contributed by atoms with Gasteiger partial charge < -0.3 is 5.32 Å². The number of aromatic nitrogens is 3. The van der Waals surface area contributed by atoms with Crippen molar-refractivity contribution in [1.82, 2.24) is 20.1 Å². The van der Waals surface area contributed by atoms with Crippen molar-refractivity contribution in [3.8, 4) is 0 Å². The van der Waals surface area contributed by atoms with Gasteiger partial charge in [0.2, 0.25) is 0 Å². The van der Waals surface area contributed by atoms with E-state index in [1.807, 2.05) is 25.0 Å². The number of likely N-dealkylation sites (N-methyl/N-ethyl adjacent to an activating group) is 1. The van der Waals surface area contributed by atoms with Crippen molar-refractivity contribution in [3.05, 3.63) is 33.5 Å². The minimum absolute atomic E-state index is 0.119. The number of aryl methyl sites for hydroxylation is 1. The van der Waals surface area contributed by atoms with E-state index in [2.05, 4.69) is 43.5 Å². The summed E-state index contributed by atoms with van der Waals surface area (Å²) in [4.78, 5) is 4.78. The summed E-state index contributed by atoms with van der Waals surface area (Å²) in [7, 11) is 3.97. The molecule has 4 nitrogen and oxygen atoms in total. The normalized spacial score (nSPS) is 13.7. The van der Waals surface area contributed by atoms with Gasteiger partial charge in [0.1, 0.15) is 0 Å². The lowest BCUT2D eigenvalue weighted by Crippen LogP contribution is -2.20. The van der Waals surface area contributed by atoms with E-state index < -0.39 is 0 Å². The van der Waals surface area contributed by atoms with Crippen LogP contribution in [0.5, 0.6) is 0 Å². The number of nitrogens with zero attached hydrogens (tertiary/aromatic N) is 3. The van der Waals surface area contributed by atoms with Crippen LogP contribution in [0.25, 0.3) is 0 Å². The predicted octanol–water partition coefficient (Wildman–Crippen LogP) is 2.99. The van der Waals surface area contributed by atoms with E-state index >= 15 is 0 Å². The smallest absolute Gasteiger partial charge is 0.0947 e. The molecule has 2 aromatic heterocycles. The minimum atomic E-state index is 0.119. The highest BCUT2D eigenvalue weighted by atomic mass is 32.1. The van der Waals surface area contributed by atoms with Crippen LogP contribution < -0.4 is 5.32 Å². The summed E-state index contributed by atoms with van der Waals surface area (Å²) in [5, 5.41) is 11.1. The summed E-state index contributed by atoms with van der Waals surface area (Å²) in [6, 6.07) is 0.266. The van der Waals surface area contributed by atoms with Crippen LogP contribution in [0.2, 0.25) is 0 Å². The quantitative estimate of drug-likeness (QED) is 0.942. The Morgan fingerprint density at radius 1 is 1.40 bits per heavy atom. The first kappa shape index (κ1) is 15.2. The summed E-state index contributed by atoms with van der Waals surface area (Å²) in [5.74, 6) is 0. The lowest BCUT2D eigenvalue weighted by atomic mass is 9.93. The Balaban J connectivity index is 2.19. The Morgan fingerprint density at radius 3 is 2.55 bits per heavy atom. The van der Waals surface area contributed by atoms with E-state index in [1.54, 1.807) is 11.3 Å². The van der Waals surface area contributed by atoms with Crippen LogP contribution in [0.4, 0.5) is 0 Å². The Hall–Kier alpha value is -1.20. The van der Waals surface area contributed by atoms with Crippen LogP contribution in [0.1, 0.15) is 48.8 Å². The summed E-state index contributed by atoms with van der Waals surface area (Å²) in [5.41, 5.74) is 3.75. The molecule has 20 heavy (non-hydrogen) atoms. The van der Waals surface area contributed by atoms with Crippen molar-refractivity contribution in [2.45, 2.75) is 45.6 Å². The third-order valence-corrected chi connectivity index (χ3v) is 4.57. The van der Waals surface area contributed by atoms with E-state index in [-0.39, 0.29) is 11.5 Å². The number of hydrogen-bond acceptors (Lipinski definition) is 4. The van der Waals surface area contributed by atoms with Crippen LogP contribution in [0.3, 0.4) is 0 Å². The standard InChI is InChI=1S/C15H24N4S/c1-10-11(8-17-19(10)6)12(16-5)7-14-18-13(9-20-14)15(2,3)4/h8-9,12,16H,7H2,1-6H3. The van der Waals surface area contributed by atoms with Gasteiger partial charge in [-0.25, -0.2) is 4.98 Å². The second-order valence-corrected chi connectivity index (χ2v) is 7.17. The molecule has 110 valence electrons. The van der Waals surface area contributed by atoms with Crippen LogP contribution in [-0.4, -0.2) is 21.8 Å². The maximum absolute atomic E-state index is 4.78. The number of thiazole rings is 1. The Bertz CT molecular complexity index is 577. The summed E-state index contributed by atoms with van der Waals surface area (Å²) in [6.45, 7) is 8.71. The molecule has 2 heterocycles. The van der Waals surface area contributed by atoms with Gasteiger partial charge >= 0.3 is 0 Å². The number of nitrogens with one attached hydrogen (secondary N) is 1. The van der Waals surface area contributed by atoms with Gasteiger partial charge in [-0.2, -0.15) is 5.10 Å². The highest BCUT2D eigenvalue weighted by molar-refractivity contribution is 7.09. The average Bonchev–Trinajstić information content (AvgIpc) is 2.95. The summed E-state index contributed by atoms with van der Waals surface area (Å²) in [6.07, 6.45) is 2.86. The highest BCUT2D eigenvalue weighted by Crippen LogP contribution is 2.27. The van der Waals surface area contributed by atoms with Gasteiger partial charge in [-0.15, -0.1) is 11.3 Å². The van der Waals surface area contributed by atoms with Gasteiger partial charge in [0.15, 0.2) is 0 Å². The van der Waals surface area contributed by atoms with E-state index in [0.29, 0.717) is 0 Å². The Labute approximate surface area is 125 Å². The van der Waals surface area contributed by atoms with E-state index in [1.165, 1.54) is 22.0 Å². The Morgan fingerprint density at radius 2 is 2.10 bits per heavy atom. The lowest BCUT2D eigenvalue weighted by molar-refractivity contribution is 0.558. The third-order valence-electron chi connectivity index (χ3n) is 3.70. The summed E-state index contributed by atoms with van der Waals surface area (Å²) >= 11 is 1.75. The van der Waals surface area contributed by atoms with Gasteiger partial charge in [0, 0.05) is 41.6 Å². The molecule has 0 spiro atoms. The molecule has 1 atom stereocenters. The molecule has 1 N–H and O–H groups in total. The maximum atomic E-state index is 4.78. The van der Waals surface area contributed by atoms with Gasteiger partial charge in [-0.05, 0) is 14.0 Å². The lowest BCUT2D eigenvalue weighted by Gasteiger charge is -2.16. The fourth-order valence-corrected chi connectivity index (χ4v) is 3.22. The SMILES string of the molecule is CNC(Cc1nc(C(C)(C)C)cs1)c1cnn(C)c1C. The summed E-state index contributed by atoms with van der Waals surface area (Å²) < 4.78 is 1.92. The van der Waals surface area contributed by atoms with Gasteiger partial charge in [-0.3, -0.25) is 4.68 Å². The fourth-order valence-electron chi connectivity index (χ4n) is 2.15. The maximum Gasteiger partial charge on any atom is 0.0947 e. The van der Waals surface area contributed by atoms with Gasteiger partial charge in [0.25, 0.3) is 0 Å². The van der Waals surface area contributed by atoms with E-state index in [9.17, 15) is 0 Å². The molecule has 0 amide bonds. The molecular formula is C15H24N4S. The van der Waals surface area contributed by atoms with Crippen LogP contribution in [0.15, 0.2) is 11.6 Å². The third kappa shape index (κ3) is 3.10. The Kier molecular flexibility index (Phi) is 4.30. The average molecular weight is 292 g/mol. The van der Waals surface area contributed by atoms with E-state index in [4.69, 9.17) is 4.98 Å². The first-order valence-corrected chi connectivity index (χ1v) is 7.81. The molecule has 0 aliphatic carbocycles. The van der Waals surface area contributed by atoms with Crippen molar-refractivity contribution in [2.24, 2.45) is 7.05 Å². The van der Waals surface area contributed by atoms with Crippen molar-refractivity contribution >= 4 is 11.3 Å². The molecule has 0 radical (unpaired) electrons. The molecule has 2 aromatic rings. The topological polar surface area (TPSA) is 42.7 Å². The monoisotopic (exact) mass is 292 g/mol. The number of hydrogen-bond donors (Lipinski definition) is 1. The first-order chi connectivity index (χ1) is 9.32. The molecule has 2 rings (SSSR count). The number of rotatable bonds is 4.